The van der Waals surface area contributed by atoms with E-state index in [4.69, 9.17) is 25.9 Å². The molecule has 1 aromatic heterocycles. The largest absolute Gasteiger partial charge is 0.493 e. The molecule has 0 atom stereocenters. The minimum absolute atomic E-state index is 0.281. The van der Waals surface area contributed by atoms with E-state index >= 15 is 0 Å². The van der Waals surface area contributed by atoms with Crippen LogP contribution in [0.15, 0.2) is 53.7 Å². The number of hydrogen-bond donors (Lipinski definition) is 1. The minimum atomic E-state index is -0.281. The number of nitrogens with zero attached hydrogens (tertiary/aromatic N) is 3. The predicted octanol–water partition coefficient (Wildman–Crippen LogP) is 4.80. The van der Waals surface area contributed by atoms with E-state index in [0.717, 1.165) is 29.9 Å². The summed E-state index contributed by atoms with van der Waals surface area (Å²) in [5.74, 6) is 2.45. The normalized spacial score (nSPS) is 10.7. The summed E-state index contributed by atoms with van der Waals surface area (Å²) < 4.78 is 10.7. The van der Waals surface area contributed by atoms with Gasteiger partial charge in [0.05, 0.1) is 20.8 Å². The number of rotatable bonds is 12. The summed E-state index contributed by atoms with van der Waals surface area (Å²) >= 11 is 7.75. The molecule has 10 heteroatoms. The second-order valence-corrected chi connectivity index (χ2v) is 8.88. The molecule has 1 N–H and O–H groups in total. The number of hydrogen-bond acceptors (Lipinski definition) is 8. The lowest BCUT2D eigenvalue weighted by molar-refractivity contribution is 0.0364. The second kappa shape index (κ2) is 13.2. The van der Waals surface area contributed by atoms with Crippen molar-refractivity contribution in [1.29, 1.82) is 0 Å². The van der Waals surface area contributed by atoms with Crippen molar-refractivity contribution in [3.8, 4) is 11.5 Å². The number of thioether (sulfide) groups is 1. The third-order valence-corrected chi connectivity index (χ3v) is 6.21. The highest BCUT2D eigenvalue weighted by Gasteiger charge is 2.11. The van der Waals surface area contributed by atoms with Gasteiger partial charge in [0.2, 0.25) is 0 Å². The van der Waals surface area contributed by atoms with Crippen molar-refractivity contribution >= 4 is 35.1 Å². The van der Waals surface area contributed by atoms with E-state index in [1.54, 1.807) is 33.3 Å². The number of amides is 1. The molecule has 35 heavy (non-hydrogen) atoms. The number of halogens is 1. The predicted molar refractivity (Wildman–Crippen MR) is 139 cm³/mol. The first-order valence-electron chi connectivity index (χ1n) is 11.0. The van der Waals surface area contributed by atoms with Crippen molar-refractivity contribution in [1.82, 2.24) is 15.4 Å². The molecule has 8 nitrogen and oxygen atoms in total. The monoisotopic (exact) mass is 516 g/mol. The van der Waals surface area contributed by atoms with E-state index in [2.05, 4.69) is 15.4 Å². The van der Waals surface area contributed by atoms with Crippen molar-refractivity contribution < 1.29 is 19.1 Å². The quantitative estimate of drug-likeness (QED) is 0.159. The minimum Gasteiger partial charge on any atom is -0.493 e. The molecule has 0 unspecified atom stereocenters. The molecule has 2 aromatic carbocycles. The maximum absolute atomic E-state index is 12.1. The molecule has 0 saturated heterocycles. The molecule has 0 aliphatic carbocycles. The van der Waals surface area contributed by atoms with Crippen molar-refractivity contribution in [3.05, 3.63) is 70.4 Å². The van der Waals surface area contributed by atoms with Gasteiger partial charge in [-0.2, -0.15) is 0 Å². The Morgan fingerprint density at radius 3 is 2.60 bits per heavy atom. The lowest BCUT2D eigenvalue weighted by Gasteiger charge is -2.19. The number of nitrogens with one attached hydrogen (secondary N) is 1. The summed E-state index contributed by atoms with van der Waals surface area (Å²) in [6.07, 6.45) is 0.789. The first-order chi connectivity index (χ1) is 16.9. The molecule has 3 aromatic rings. The van der Waals surface area contributed by atoms with Crippen LogP contribution in [-0.4, -0.2) is 50.3 Å². The summed E-state index contributed by atoms with van der Waals surface area (Å²) in [6, 6.07) is 15.0. The second-order valence-electron chi connectivity index (χ2n) is 7.55. The van der Waals surface area contributed by atoms with Crippen LogP contribution < -0.4 is 19.9 Å². The lowest BCUT2D eigenvalue weighted by Crippen LogP contribution is -2.23. The standard InChI is InChI=1S/C25H29ClN4O4S/c1-5-34-29-24(31)19-8-6-7-18(13-19)16-35-25-27-22(26)15-23(28-25)30(2)12-11-17-9-10-20(32-3)21(14-17)33-4/h6-10,13-15H,5,11-12,16H2,1-4H3,(H,29,31). The molecule has 0 saturated carbocycles. The Bertz CT molecular complexity index is 1150. The van der Waals surface area contributed by atoms with Gasteiger partial charge in [-0.1, -0.05) is 41.6 Å². The number of aromatic nitrogens is 2. The Hall–Kier alpha value is -3.01. The van der Waals surface area contributed by atoms with Crippen LogP contribution in [0.4, 0.5) is 5.82 Å². The topological polar surface area (TPSA) is 85.8 Å². The van der Waals surface area contributed by atoms with Crippen LogP contribution in [0.25, 0.3) is 0 Å². The zero-order chi connectivity index (χ0) is 25.2. The average molecular weight is 517 g/mol. The van der Waals surface area contributed by atoms with Gasteiger partial charge in [-0.3, -0.25) is 9.63 Å². The molecule has 186 valence electrons. The number of hydroxylamine groups is 1. The van der Waals surface area contributed by atoms with Gasteiger partial charge in [-0.05, 0) is 48.7 Å². The molecule has 0 aliphatic heterocycles. The van der Waals surface area contributed by atoms with Gasteiger partial charge in [0.1, 0.15) is 11.0 Å². The highest BCUT2D eigenvalue weighted by atomic mass is 35.5. The van der Waals surface area contributed by atoms with Crippen molar-refractivity contribution in [2.45, 2.75) is 24.3 Å². The van der Waals surface area contributed by atoms with Crippen LogP contribution >= 0.6 is 23.4 Å². The molecule has 0 fully saturated rings. The van der Waals surface area contributed by atoms with Gasteiger partial charge in [0.25, 0.3) is 5.91 Å². The maximum Gasteiger partial charge on any atom is 0.274 e. The Morgan fingerprint density at radius 1 is 1.06 bits per heavy atom. The zero-order valence-electron chi connectivity index (χ0n) is 20.2. The summed E-state index contributed by atoms with van der Waals surface area (Å²) in [7, 11) is 5.21. The average Bonchev–Trinajstić information content (AvgIpc) is 2.88. The first-order valence-corrected chi connectivity index (χ1v) is 12.4. The van der Waals surface area contributed by atoms with E-state index in [9.17, 15) is 4.79 Å². The van der Waals surface area contributed by atoms with E-state index in [-0.39, 0.29) is 5.91 Å². The van der Waals surface area contributed by atoms with Crippen LogP contribution in [-0.2, 0) is 17.0 Å². The Kier molecular flexibility index (Phi) is 10.0. The first kappa shape index (κ1) is 26.6. The van der Waals surface area contributed by atoms with Gasteiger partial charge < -0.3 is 14.4 Å². The van der Waals surface area contributed by atoms with Gasteiger partial charge in [0, 0.05) is 31.0 Å². The number of carbonyl (C=O) groups excluding carboxylic acids is 1. The van der Waals surface area contributed by atoms with Crippen molar-refractivity contribution in [2.75, 3.05) is 39.3 Å². The molecule has 3 rings (SSSR count). The highest BCUT2D eigenvalue weighted by Crippen LogP contribution is 2.28. The summed E-state index contributed by atoms with van der Waals surface area (Å²) in [5, 5.41) is 0.940. The fourth-order valence-corrected chi connectivity index (χ4v) is 4.26. The number of anilines is 1. The molecular formula is C25H29ClN4O4S. The fourth-order valence-electron chi connectivity index (χ4n) is 3.24. The molecule has 0 radical (unpaired) electrons. The zero-order valence-corrected chi connectivity index (χ0v) is 21.8. The van der Waals surface area contributed by atoms with Crippen molar-refractivity contribution in [3.63, 3.8) is 0 Å². The molecule has 0 aliphatic rings. The molecule has 1 heterocycles. The number of ether oxygens (including phenoxy) is 2. The number of carbonyl (C=O) groups is 1. The maximum atomic E-state index is 12.1. The van der Waals surface area contributed by atoms with Gasteiger partial charge in [-0.25, -0.2) is 15.4 Å². The number of likely N-dealkylation sites (N-methyl/N-ethyl adjacent to an activating group) is 1. The van der Waals surface area contributed by atoms with Crippen LogP contribution in [0.5, 0.6) is 11.5 Å². The van der Waals surface area contributed by atoms with Crippen LogP contribution in [0, 0.1) is 0 Å². The number of benzene rings is 2. The summed E-state index contributed by atoms with van der Waals surface area (Å²) in [6.45, 7) is 2.93. The number of methoxy groups -OCH3 is 2. The molecule has 1 amide bonds. The highest BCUT2D eigenvalue weighted by molar-refractivity contribution is 7.98. The third-order valence-electron chi connectivity index (χ3n) is 5.10. The van der Waals surface area contributed by atoms with Crippen LogP contribution in [0.3, 0.4) is 0 Å². The Labute approximate surface area is 214 Å². The summed E-state index contributed by atoms with van der Waals surface area (Å²) in [5.41, 5.74) is 5.02. The van der Waals surface area contributed by atoms with E-state index in [1.165, 1.54) is 11.8 Å². The van der Waals surface area contributed by atoms with Crippen LogP contribution in [0.1, 0.15) is 28.4 Å². The lowest BCUT2D eigenvalue weighted by atomic mass is 10.1. The fraction of sp³-hybridized carbons (Fsp3) is 0.320. The van der Waals surface area contributed by atoms with Crippen LogP contribution in [0.2, 0.25) is 5.15 Å². The smallest absolute Gasteiger partial charge is 0.274 e. The van der Waals surface area contributed by atoms with E-state index in [0.29, 0.717) is 39.7 Å². The van der Waals surface area contributed by atoms with Gasteiger partial charge >= 0.3 is 0 Å². The van der Waals surface area contributed by atoms with Gasteiger partial charge in [-0.15, -0.1) is 0 Å². The Morgan fingerprint density at radius 2 is 1.86 bits per heavy atom. The molecular weight excluding hydrogens is 488 g/mol. The summed E-state index contributed by atoms with van der Waals surface area (Å²) in [4.78, 5) is 28.2. The van der Waals surface area contributed by atoms with E-state index < -0.39 is 0 Å². The molecule has 0 spiro atoms. The van der Waals surface area contributed by atoms with Gasteiger partial charge in [0.15, 0.2) is 16.7 Å². The third kappa shape index (κ3) is 7.74. The molecule has 0 bridgehead atoms. The Balaban J connectivity index is 1.63. The van der Waals surface area contributed by atoms with Crippen molar-refractivity contribution in [2.24, 2.45) is 0 Å². The van der Waals surface area contributed by atoms with E-state index in [1.807, 2.05) is 48.3 Å². The SMILES string of the molecule is CCONC(=O)c1cccc(CSc2nc(Cl)cc(N(C)CCc3ccc(OC)c(OC)c3)n2)c1.